The van der Waals surface area contributed by atoms with Crippen LogP contribution >= 0.6 is 0 Å². The zero-order chi connectivity index (χ0) is 14.1. The molecule has 6 heteroatoms. The van der Waals surface area contributed by atoms with Crippen molar-refractivity contribution in [1.29, 1.82) is 0 Å². The van der Waals surface area contributed by atoms with Crippen LogP contribution in [0.2, 0.25) is 0 Å². The molecule has 1 aliphatic carbocycles. The molecule has 6 nitrogen and oxygen atoms in total. The molecule has 3 N–H and O–H groups in total. The van der Waals surface area contributed by atoms with Gasteiger partial charge >= 0.3 is 12.0 Å². The van der Waals surface area contributed by atoms with Crippen LogP contribution in [0.3, 0.4) is 0 Å². The minimum Gasteiger partial charge on any atom is -0.481 e. The van der Waals surface area contributed by atoms with Gasteiger partial charge in [-0.1, -0.05) is 0 Å². The molecule has 0 heterocycles. The summed E-state index contributed by atoms with van der Waals surface area (Å²) < 4.78 is 5.47. The van der Waals surface area contributed by atoms with Crippen LogP contribution < -0.4 is 10.6 Å². The third-order valence-electron chi connectivity index (χ3n) is 3.29. The first kappa shape index (κ1) is 15.8. The Kier molecular flexibility index (Phi) is 7.25. The maximum absolute atomic E-state index is 11.3. The van der Waals surface area contributed by atoms with Crippen LogP contribution in [-0.2, 0) is 9.53 Å². The van der Waals surface area contributed by atoms with E-state index in [0.29, 0.717) is 31.5 Å². The fourth-order valence-electron chi connectivity index (χ4n) is 2.18. The Labute approximate surface area is 113 Å². The lowest BCUT2D eigenvalue weighted by molar-refractivity contribution is -0.137. The topological polar surface area (TPSA) is 87.7 Å². The van der Waals surface area contributed by atoms with Gasteiger partial charge in [0.15, 0.2) is 0 Å². The standard InChI is InChI=1S/C13H24N2O4/c1-2-19-11-8-10(9-11)5-7-15-13(18)14-6-3-4-12(16)17/h10-11H,2-9H2,1H3,(H,16,17)(H2,14,15,18). The lowest BCUT2D eigenvalue weighted by Crippen LogP contribution is -2.39. The van der Waals surface area contributed by atoms with Crippen molar-refractivity contribution < 1.29 is 19.4 Å². The second-order valence-electron chi connectivity index (χ2n) is 4.88. The van der Waals surface area contributed by atoms with Crippen molar-refractivity contribution in [1.82, 2.24) is 10.6 Å². The van der Waals surface area contributed by atoms with Crippen LogP contribution in [-0.4, -0.2) is 42.9 Å². The van der Waals surface area contributed by atoms with Gasteiger partial charge in [0.05, 0.1) is 6.10 Å². The summed E-state index contributed by atoms with van der Waals surface area (Å²) in [6.07, 6.45) is 4.13. The van der Waals surface area contributed by atoms with Crippen molar-refractivity contribution in [2.45, 2.75) is 45.1 Å². The van der Waals surface area contributed by atoms with E-state index in [1.54, 1.807) is 0 Å². The van der Waals surface area contributed by atoms with E-state index < -0.39 is 5.97 Å². The van der Waals surface area contributed by atoms with E-state index in [9.17, 15) is 9.59 Å². The number of carbonyl (C=O) groups excluding carboxylic acids is 1. The highest BCUT2D eigenvalue weighted by molar-refractivity contribution is 5.73. The molecule has 0 aromatic carbocycles. The lowest BCUT2D eigenvalue weighted by Gasteiger charge is -2.34. The molecule has 19 heavy (non-hydrogen) atoms. The molecule has 1 rings (SSSR count). The molecule has 0 atom stereocenters. The summed E-state index contributed by atoms with van der Waals surface area (Å²) in [6.45, 7) is 3.83. The predicted octanol–water partition coefficient (Wildman–Crippen LogP) is 1.36. The predicted molar refractivity (Wildman–Crippen MR) is 71.0 cm³/mol. The van der Waals surface area contributed by atoms with Gasteiger partial charge < -0.3 is 20.5 Å². The Bertz CT molecular complexity index is 290. The minimum absolute atomic E-state index is 0.0845. The average molecular weight is 272 g/mol. The summed E-state index contributed by atoms with van der Waals surface area (Å²) >= 11 is 0. The number of amides is 2. The number of urea groups is 1. The maximum atomic E-state index is 11.3. The van der Waals surface area contributed by atoms with Crippen LogP contribution in [0.4, 0.5) is 4.79 Å². The Balaban J connectivity index is 1.89. The zero-order valence-corrected chi connectivity index (χ0v) is 11.5. The number of carbonyl (C=O) groups is 2. The van der Waals surface area contributed by atoms with E-state index in [1.807, 2.05) is 6.92 Å². The van der Waals surface area contributed by atoms with Crippen LogP contribution in [0.5, 0.6) is 0 Å². The van der Waals surface area contributed by atoms with E-state index in [2.05, 4.69) is 10.6 Å². The fraction of sp³-hybridized carbons (Fsp3) is 0.846. The highest BCUT2D eigenvalue weighted by Gasteiger charge is 2.28. The molecule has 0 spiro atoms. The molecule has 1 aliphatic rings. The highest BCUT2D eigenvalue weighted by Crippen LogP contribution is 2.32. The molecular formula is C13H24N2O4. The van der Waals surface area contributed by atoms with Crippen molar-refractivity contribution in [2.24, 2.45) is 5.92 Å². The van der Waals surface area contributed by atoms with Gasteiger partial charge in [-0.25, -0.2) is 4.79 Å². The second-order valence-corrected chi connectivity index (χ2v) is 4.88. The molecule has 1 fully saturated rings. The fourth-order valence-corrected chi connectivity index (χ4v) is 2.18. The Hall–Kier alpha value is -1.30. The number of carboxylic acids is 1. The SMILES string of the molecule is CCOC1CC(CCNC(=O)NCCCC(=O)O)C1. The van der Waals surface area contributed by atoms with Gasteiger partial charge in [-0.2, -0.15) is 0 Å². The van der Waals surface area contributed by atoms with Gasteiger partial charge in [0.25, 0.3) is 0 Å². The number of rotatable bonds is 9. The molecule has 110 valence electrons. The molecule has 0 bridgehead atoms. The van der Waals surface area contributed by atoms with Crippen molar-refractivity contribution in [2.75, 3.05) is 19.7 Å². The van der Waals surface area contributed by atoms with E-state index in [1.165, 1.54) is 0 Å². The molecule has 2 amide bonds. The number of nitrogens with one attached hydrogen (secondary N) is 2. The summed E-state index contributed by atoms with van der Waals surface area (Å²) in [7, 11) is 0. The molecule has 0 aromatic rings. The smallest absolute Gasteiger partial charge is 0.314 e. The quantitative estimate of drug-likeness (QED) is 0.553. The van der Waals surface area contributed by atoms with E-state index in [4.69, 9.17) is 9.84 Å². The van der Waals surface area contributed by atoms with Crippen molar-refractivity contribution in [3.8, 4) is 0 Å². The molecular weight excluding hydrogens is 248 g/mol. The first-order chi connectivity index (χ1) is 9.11. The van der Waals surface area contributed by atoms with E-state index in [-0.39, 0.29) is 12.5 Å². The third kappa shape index (κ3) is 7.00. The Morgan fingerprint density at radius 1 is 1.26 bits per heavy atom. The normalized spacial score (nSPS) is 21.5. The van der Waals surface area contributed by atoms with Crippen molar-refractivity contribution in [3.63, 3.8) is 0 Å². The second kappa shape index (κ2) is 8.74. The van der Waals surface area contributed by atoms with Crippen LogP contribution in [0.25, 0.3) is 0 Å². The first-order valence-electron chi connectivity index (χ1n) is 6.97. The number of aliphatic carboxylic acids is 1. The zero-order valence-electron chi connectivity index (χ0n) is 11.5. The molecule has 1 saturated carbocycles. The summed E-state index contributed by atoms with van der Waals surface area (Å²) in [5.41, 5.74) is 0. The molecule has 0 radical (unpaired) electrons. The largest absolute Gasteiger partial charge is 0.481 e. The summed E-state index contributed by atoms with van der Waals surface area (Å²) in [4.78, 5) is 21.6. The number of carboxylic acid groups (broad SMARTS) is 1. The summed E-state index contributed by atoms with van der Waals surface area (Å²) in [5.74, 6) is -0.181. The number of hydrogen-bond acceptors (Lipinski definition) is 3. The van der Waals surface area contributed by atoms with Crippen molar-refractivity contribution in [3.05, 3.63) is 0 Å². The Morgan fingerprint density at radius 3 is 2.58 bits per heavy atom. The first-order valence-corrected chi connectivity index (χ1v) is 6.97. The van der Waals surface area contributed by atoms with Crippen molar-refractivity contribution >= 4 is 12.0 Å². The van der Waals surface area contributed by atoms with Gasteiger partial charge in [-0.05, 0) is 38.5 Å². The van der Waals surface area contributed by atoms with Crippen LogP contribution in [0.1, 0.15) is 39.0 Å². The number of hydrogen-bond donors (Lipinski definition) is 3. The molecule has 0 aromatic heterocycles. The average Bonchev–Trinajstić information content (AvgIpc) is 2.31. The lowest BCUT2D eigenvalue weighted by atomic mass is 9.80. The third-order valence-corrected chi connectivity index (χ3v) is 3.29. The highest BCUT2D eigenvalue weighted by atomic mass is 16.5. The Morgan fingerprint density at radius 2 is 1.95 bits per heavy atom. The van der Waals surface area contributed by atoms with E-state index in [0.717, 1.165) is 25.9 Å². The van der Waals surface area contributed by atoms with Gasteiger partial charge in [0.1, 0.15) is 0 Å². The van der Waals surface area contributed by atoms with Gasteiger partial charge in [-0.15, -0.1) is 0 Å². The monoisotopic (exact) mass is 272 g/mol. The molecule has 0 saturated heterocycles. The molecule has 0 aliphatic heterocycles. The summed E-state index contributed by atoms with van der Waals surface area (Å²) in [6, 6.07) is -0.217. The number of ether oxygens (including phenoxy) is 1. The van der Waals surface area contributed by atoms with Crippen LogP contribution in [0.15, 0.2) is 0 Å². The van der Waals surface area contributed by atoms with Gasteiger partial charge in [-0.3, -0.25) is 4.79 Å². The van der Waals surface area contributed by atoms with E-state index >= 15 is 0 Å². The summed E-state index contributed by atoms with van der Waals surface area (Å²) in [5, 5.41) is 13.9. The molecule has 0 unspecified atom stereocenters. The van der Waals surface area contributed by atoms with Gasteiger partial charge in [0, 0.05) is 26.1 Å². The van der Waals surface area contributed by atoms with Crippen LogP contribution in [0, 0.1) is 5.92 Å². The minimum atomic E-state index is -0.837. The van der Waals surface area contributed by atoms with Gasteiger partial charge in [0.2, 0.25) is 0 Å². The maximum Gasteiger partial charge on any atom is 0.314 e.